The maximum absolute atomic E-state index is 5.57. The Kier molecular flexibility index (Phi) is 2.32. The lowest BCUT2D eigenvalue weighted by Crippen LogP contribution is -1.96. The molecule has 2 N–H and O–H groups in total. The third-order valence-corrected chi connectivity index (χ3v) is 1.78. The van der Waals surface area contributed by atoms with E-state index in [1.807, 2.05) is 6.07 Å². The molecule has 0 fully saturated rings. The third kappa shape index (κ3) is 1.50. The molecule has 1 heterocycles. The Balaban J connectivity index is 3.09. The van der Waals surface area contributed by atoms with Crippen molar-refractivity contribution in [2.75, 3.05) is 5.73 Å². The predicted molar refractivity (Wildman–Crippen MR) is 48.6 cm³/mol. The molecule has 0 radical (unpaired) electrons. The molecule has 52 valence electrons. The van der Waals surface area contributed by atoms with Gasteiger partial charge >= 0.3 is 0 Å². The van der Waals surface area contributed by atoms with E-state index < -0.39 is 0 Å². The van der Waals surface area contributed by atoms with Crippen molar-refractivity contribution in [1.29, 1.82) is 0 Å². The number of nitrogens with two attached hydrogens (primary N) is 1. The molecule has 0 saturated carbocycles. The zero-order valence-electron chi connectivity index (χ0n) is 5.76. The van der Waals surface area contributed by atoms with Gasteiger partial charge in [0.2, 0.25) is 0 Å². The Hall–Kier alpha value is -0.505. The molecule has 0 unspecified atom stereocenters. The van der Waals surface area contributed by atoms with E-state index >= 15 is 0 Å². The van der Waals surface area contributed by atoms with Crippen molar-refractivity contribution in [3.63, 3.8) is 0 Å². The third-order valence-electron chi connectivity index (χ3n) is 1.35. The predicted octanol–water partition coefficient (Wildman–Crippen LogP) is 0.559. The maximum atomic E-state index is 5.57. The highest BCUT2D eigenvalue weighted by Crippen LogP contribution is 2.14. The quantitative estimate of drug-likeness (QED) is 0.671. The largest absolute Gasteiger partial charge is 0.383 e. The van der Waals surface area contributed by atoms with E-state index in [1.54, 1.807) is 6.20 Å². The van der Waals surface area contributed by atoms with Gasteiger partial charge in [0.05, 0.1) is 0 Å². The van der Waals surface area contributed by atoms with Gasteiger partial charge in [0.15, 0.2) is 0 Å². The molecular formula is C6H8BBrN2. The standard InChI is InChI=1S/C6H8BBrN2/c7-2-4-1-5(8)3-10-6(4)9/h1,3H,2,7H2,(H2,9,10). The number of nitrogens with zero attached hydrogens (tertiary/aromatic N) is 1. The van der Waals surface area contributed by atoms with Crippen LogP contribution in [0.25, 0.3) is 0 Å². The van der Waals surface area contributed by atoms with Crippen LogP contribution in [0, 0.1) is 0 Å². The van der Waals surface area contributed by atoms with E-state index in [4.69, 9.17) is 5.73 Å². The van der Waals surface area contributed by atoms with Crippen LogP contribution in [-0.2, 0) is 6.32 Å². The highest BCUT2D eigenvalue weighted by atomic mass is 79.9. The molecule has 1 aromatic rings. The lowest BCUT2D eigenvalue weighted by Gasteiger charge is -2.00. The van der Waals surface area contributed by atoms with Gasteiger partial charge in [-0.1, -0.05) is 6.32 Å². The topological polar surface area (TPSA) is 38.9 Å². The first-order chi connectivity index (χ1) is 4.74. The van der Waals surface area contributed by atoms with Gasteiger partial charge in [-0.05, 0) is 27.6 Å². The lowest BCUT2D eigenvalue weighted by molar-refractivity contribution is 1.24. The molecule has 0 aromatic carbocycles. The molecular weight excluding hydrogens is 191 g/mol. The Morgan fingerprint density at radius 1 is 1.70 bits per heavy atom. The number of hydrogen-bond donors (Lipinski definition) is 1. The van der Waals surface area contributed by atoms with Crippen LogP contribution in [0.5, 0.6) is 0 Å². The fraction of sp³-hybridized carbons (Fsp3) is 0.167. The minimum absolute atomic E-state index is 0.630. The summed E-state index contributed by atoms with van der Waals surface area (Å²) < 4.78 is 0.985. The van der Waals surface area contributed by atoms with Gasteiger partial charge in [0.25, 0.3) is 0 Å². The van der Waals surface area contributed by atoms with Crippen LogP contribution in [0.1, 0.15) is 5.56 Å². The molecule has 0 atom stereocenters. The summed E-state index contributed by atoms with van der Waals surface area (Å²) in [6.07, 6.45) is 2.63. The van der Waals surface area contributed by atoms with Crippen LogP contribution in [0.15, 0.2) is 16.7 Å². The molecule has 0 spiro atoms. The second-order valence-electron chi connectivity index (χ2n) is 2.05. The van der Waals surface area contributed by atoms with Crippen molar-refractivity contribution in [3.05, 3.63) is 22.3 Å². The Morgan fingerprint density at radius 2 is 2.40 bits per heavy atom. The molecule has 10 heavy (non-hydrogen) atoms. The van der Waals surface area contributed by atoms with E-state index in [0.717, 1.165) is 16.4 Å². The summed E-state index contributed by atoms with van der Waals surface area (Å²) in [7, 11) is 2.06. The van der Waals surface area contributed by atoms with Crippen molar-refractivity contribution in [1.82, 2.24) is 4.98 Å². The molecule has 0 saturated heterocycles. The van der Waals surface area contributed by atoms with Crippen molar-refractivity contribution >= 4 is 29.6 Å². The molecule has 1 aromatic heterocycles. The number of pyridine rings is 1. The highest BCUT2D eigenvalue weighted by Gasteiger charge is 1.96. The number of hydrogen-bond acceptors (Lipinski definition) is 2. The van der Waals surface area contributed by atoms with E-state index in [-0.39, 0.29) is 0 Å². The maximum Gasteiger partial charge on any atom is 0.125 e. The van der Waals surface area contributed by atoms with Crippen LogP contribution in [0.4, 0.5) is 5.82 Å². The molecule has 2 nitrogen and oxygen atoms in total. The van der Waals surface area contributed by atoms with Gasteiger partial charge < -0.3 is 5.73 Å². The van der Waals surface area contributed by atoms with E-state index in [2.05, 4.69) is 28.8 Å². The summed E-state index contributed by atoms with van der Waals surface area (Å²) in [4.78, 5) is 3.98. The first-order valence-corrected chi connectivity index (χ1v) is 3.93. The fourth-order valence-corrected chi connectivity index (χ4v) is 1.15. The monoisotopic (exact) mass is 198 g/mol. The molecule has 1 rings (SSSR count). The first-order valence-electron chi connectivity index (χ1n) is 3.14. The average Bonchev–Trinajstić information content (AvgIpc) is 1.94. The summed E-state index contributed by atoms with van der Waals surface area (Å²) in [5.74, 6) is 0.630. The number of aromatic nitrogens is 1. The van der Waals surface area contributed by atoms with Gasteiger partial charge in [-0.2, -0.15) is 0 Å². The number of anilines is 1. The minimum atomic E-state index is 0.630. The van der Waals surface area contributed by atoms with Crippen LogP contribution in [0.3, 0.4) is 0 Å². The van der Waals surface area contributed by atoms with E-state index in [0.29, 0.717) is 5.82 Å². The van der Waals surface area contributed by atoms with Crippen molar-refractivity contribution in [3.8, 4) is 0 Å². The van der Waals surface area contributed by atoms with Gasteiger partial charge in [0.1, 0.15) is 13.7 Å². The number of rotatable bonds is 1. The molecule has 0 bridgehead atoms. The SMILES string of the molecule is BCc1cc(Br)cnc1N. The summed E-state index contributed by atoms with van der Waals surface area (Å²) >= 11 is 3.32. The van der Waals surface area contributed by atoms with Crippen LogP contribution < -0.4 is 5.73 Å². The van der Waals surface area contributed by atoms with Crippen molar-refractivity contribution < 1.29 is 0 Å². The second-order valence-corrected chi connectivity index (χ2v) is 2.97. The summed E-state index contributed by atoms with van der Waals surface area (Å²) in [5, 5.41) is 0. The van der Waals surface area contributed by atoms with E-state index in [1.165, 1.54) is 0 Å². The normalized spacial score (nSPS) is 9.70. The van der Waals surface area contributed by atoms with Gasteiger partial charge in [0, 0.05) is 10.7 Å². The second kappa shape index (κ2) is 3.06. The minimum Gasteiger partial charge on any atom is -0.383 e. The number of nitrogen functional groups attached to an aromatic ring is 1. The van der Waals surface area contributed by atoms with E-state index in [9.17, 15) is 0 Å². The summed E-state index contributed by atoms with van der Waals surface area (Å²) in [5.41, 5.74) is 6.66. The highest BCUT2D eigenvalue weighted by molar-refractivity contribution is 9.10. The zero-order chi connectivity index (χ0) is 7.56. The van der Waals surface area contributed by atoms with Gasteiger partial charge in [-0.3, -0.25) is 0 Å². The Morgan fingerprint density at radius 3 is 2.90 bits per heavy atom. The fourth-order valence-electron chi connectivity index (χ4n) is 0.775. The molecule has 0 aliphatic carbocycles. The summed E-state index contributed by atoms with van der Waals surface area (Å²) in [6.45, 7) is 0. The molecule has 0 aliphatic heterocycles. The van der Waals surface area contributed by atoms with Crippen LogP contribution >= 0.6 is 15.9 Å². The van der Waals surface area contributed by atoms with Crippen LogP contribution in [-0.4, -0.2) is 12.8 Å². The Bertz CT molecular complexity index is 239. The van der Waals surface area contributed by atoms with Gasteiger partial charge in [-0.15, -0.1) is 0 Å². The van der Waals surface area contributed by atoms with Crippen LogP contribution in [0.2, 0.25) is 0 Å². The first kappa shape index (κ1) is 7.60. The smallest absolute Gasteiger partial charge is 0.125 e. The molecule has 0 amide bonds. The van der Waals surface area contributed by atoms with Crippen molar-refractivity contribution in [2.24, 2.45) is 0 Å². The summed E-state index contributed by atoms with van der Waals surface area (Å²) in [6, 6.07) is 1.99. The van der Waals surface area contributed by atoms with Gasteiger partial charge in [-0.25, -0.2) is 4.98 Å². The average molecular weight is 199 g/mol. The zero-order valence-corrected chi connectivity index (χ0v) is 7.35. The molecule has 4 heteroatoms. The lowest BCUT2D eigenvalue weighted by atomic mass is 9.98. The molecule has 0 aliphatic rings. The number of halogens is 1. The Labute approximate surface area is 69.4 Å². The van der Waals surface area contributed by atoms with Crippen molar-refractivity contribution in [2.45, 2.75) is 6.32 Å².